The third kappa shape index (κ3) is 3.58. The Kier molecular flexibility index (Phi) is 5.19. The number of anilines is 1. The van der Waals surface area contributed by atoms with Crippen molar-refractivity contribution in [2.75, 3.05) is 4.90 Å². The number of rotatable bonds is 4. The van der Waals surface area contributed by atoms with E-state index in [2.05, 4.69) is 0 Å². The number of nitro groups is 1. The van der Waals surface area contributed by atoms with E-state index in [1.165, 1.54) is 41.3 Å². The number of ketones is 1. The maximum absolute atomic E-state index is 13.1. The van der Waals surface area contributed by atoms with Gasteiger partial charge in [0.15, 0.2) is 0 Å². The predicted octanol–water partition coefficient (Wildman–Crippen LogP) is 4.24. The van der Waals surface area contributed by atoms with Gasteiger partial charge in [0.05, 0.1) is 16.5 Å². The van der Waals surface area contributed by atoms with Crippen LogP contribution in [0, 0.1) is 17.0 Å². The second-order valence-electron chi connectivity index (χ2n) is 7.41. The van der Waals surface area contributed by atoms with Gasteiger partial charge in [-0.2, -0.15) is 0 Å². The minimum atomic E-state index is -1.00. The normalized spacial score (nSPS) is 17.5. The predicted molar refractivity (Wildman–Crippen MR) is 117 cm³/mol. The number of phenols is 1. The molecule has 0 aliphatic carbocycles. The lowest BCUT2D eigenvalue weighted by atomic mass is 9.95. The first kappa shape index (κ1) is 20.8. The summed E-state index contributed by atoms with van der Waals surface area (Å²) in [6.45, 7) is 1.85. The standard InChI is InChI=1S/C24H18N2O6/c1-14-4-2-6-18(12-14)25-21(16-5-3-7-19(27)13-16)20(23(29)24(25)30)22(28)15-8-10-17(11-9-15)26(31)32/h2-13,21,27-28H,1H3/b22-20-. The number of nitrogens with zero attached hydrogens (tertiary/aromatic N) is 2. The molecule has 0 radical (unpaired) electrons. The van der Waals surface area contributed by atoms with Crippen LogP contribution in [0.4, 0.5) is 11.4 Å². The zero-order valence-electron chi connectivity index (χ0n) is 16.9. The summed E-state index contributed by atoms with van der Waals surface area (Å²) in [4.78, 5) is 37.7. The first-order valence-corrected chi connectivity index (χ1v) is 9.69. The molecule has 1 aliphatic rings. The average molecular weight is 430 g/mol. The Hall–Kier alpha value is -4.46. The van der Waals surface area contributed by atoms with Gasteiger partial charge >= 0.3 is 0 Å². The van der Waals surface area contributed by atoms with Crippen molar-refractivity contribution in [3.63, 3.8) is 0 Å². The fourth-order valence-electron chi connectivity index (χ4n) is 3.78. The van der Waals surface area contributed by atoms with Crippen LogP contribution >= 0.6 is 0 Å². The maximum atomic E-state index is 13.1. The van der Waals surface area contributed by atoms with E-state index in [0.717, 1.165) is 5.56 Å². The number of hydrogen-bond acceptors (Lipinski definition) is 6. The molecule has 1 amide bonds. The molecule has 1 fully saturated rings. The van der Waals surface area contributed by atoms with E-state index in [-0.39, 0.29) is 22.6 Å². The molecule has 0 saturated carbocycles. The fourth-order valence-corrected chi connectivity index (χ4v) is 3.78. The van der Waals surface area contributed by atoms with Gasteiger partial charge < -0.3 is 10.2 Å². The van der Waals surface area contributed by atoms with Crippen LogP contribution in [0.2, 0.25) is 0 Å². The van der Waals surface area contributed by atoms with Crippen LogP contribution in [0.3, 0.4) is 0 Å². The molecule has 4 rings (SSSR count). The van der Waals surface area contributed by atoms with E-state index >= 15 is 0 Å². The lowest BCUT2D eigenvalue weighted by Gasteiger charge is -2.25. The third-order valence-electron chi connectivity index (χ3n) is 5.26. The first-order valence-electron chi connectivity index (χ1n) is 9.69. The van der Waals surface area contributed by atoms with E-state index in [1.807, 2.05) is 13.0 Å². The lowest BCUT2D eigenvalue weighted by Crippen LogP contribution is -2.29. The summed E-state index contributed by atoms with van der Waals surface area (Å²) in [6, 6.07) is 17.1. The number of benzene rings is 3. The Morgan fingerprint density at radius 2 is 1.69 bits per heavy atom. The second-order valence-corrected chi connectivity index (χ2v) is 7.41. The Balaban J connectivity index is 1.93. The Labute approximate surface area is 182 Å². The number of carbonyl (C=O) groups excluding carboxylic acids is 2. The summed E-state index contributed by atoms with van der Waals surface area (Å²) >= 11 is 0. The van der Waals surface area contributed by atoms with Gasteiger partial charge in [0.25, 0.3) is 17.4 Å². The number of amides is 1. The summed E-state index contributed by atoms with van der Waals surface area (Å²) in [5.74, 6) is -2.24. The van der Waals surface area contributed by atoms with E-state index in [0.29, 0.717) is 11.3 Å². The highest BCUT2D eigenvalue weighted by atomic mass is 16.6. The van der Waals surface area contributed by atoms with Gasteiger partial charge in [0.1, 0.15) is 11.5 Å². The molecule has 2 N–H and O–H groups in total. The number of non-ortho nitro benzene ring substituents is 1. The molecule has 1 unspecified atom stereocenters. The quantitative estimate of drug-likeness (QED) is 0.210. The molecule has 0 bridgehead atoms. The van der Waals surface area contributed by atoms with Crippen molar-refractivity contribution in [2.24, 2.45) is 0 Å². The van der Waals surface area contributed by atoms with Gasteiger partial charge in [-0.1, -0.05) is 24.3 Å². The maximum Gasteiger partial charge on any atom is 0.300 e. The number of nitro benzene ring substituents is 1. The number of phenolic OH excluding ortho intramolecular Hbond substituents is 1. The number of carbonyl (C=O) groups is 2. The number of aliphatic hydroxyl groups is 1. The number of aliphatic hydroxyl groups excluding tert-OH is 1. The summed E-state index contributed by atoms with van der Waals surface area (Å²) in [5.41, 5.74) is 1.57. The highest BCUT2D eigenvalue weighted by Crippen LogP contribution is 2.43. The molecular weight excluding hydrogens is 412 g/mol. The topological polar surface area (TPSA) is 121 Å². The average Bonchev–Trinajstić information content (AvgIpc) is 3.04. The van der Waals surface area contributed by atoms with E-state index in [4.69, 9.17) is 0 Å². The van der Waals surface area contributed by atoms with Crippen molar-refractivity contribution >= 4 is 28.8 Å². The number of hydrogen-bond donors (Lipinski definition) is 2. The minimum absolute atomic E-state index is 0.0623. The Morgan fingerprint density at radius 3 is 2.31 bits per heavy atom. The van der Waals surface area contributed by atoms with Gasteiger partial charge in [0.2, 0.25) is 0 Å². The molecule has 3 aromatic rings. The lowest BCUT2D eigenvalue weighted by molar-refractivity contribution is -0.384. The molecule has 0 spiro atoms. The molecule has 1 atom stereocenters. The summed E-state index contributed by atoms with van der Waals surface area (Å²) < 4.78 is 0. The Morgan fingerprint density at radius 1 is 1.00 bits per heavy atom. The van der Waals surface area contributed by atoms with Gasteiger partial charge in [-0.05, 0) is 54.4 Å². The van der Waals surface area contributed by atoms with Crippen LogP contribution in [0.1, 0.15) is 22.7 Å². The smallest absolute Gasteiger partial charge is 0.300 e. The van der Waals surface area contributed by atoms with Crippen LogP contribution in [0.15, 0.2) is 78.4 Å². The van der Waals surface area contributed by atoms with Crippen molar-refractivity contribution < 1.29 is 24.7 Å². The molecule has 32 heavy (non-hydrogen) atoms. The minimum Gasteiger partial charge on any atom is -0.508 e. The first-order chi connectivity index (χ1) is 15.3. The zero-order chi connectivity index (χ0) is 23.0. The monoisotopic (exact) mass is 430 g/mol. The number of aromatic hydroxyl groups is 1. The van der Waals surface area contributed by atoms with Gasteiger partial charge in [-0.3, -0.25) is 24.6 Å². The summed E-state index contributed by atoms with van der Waals surface area (Å²) in [5, 5.41) is 31.9. The van der Waals surface area contributed by atoms with Gasteiger partial charge in [-0.25, -0.2) is 0 Å². The van der Waals surface area contributed by atoms with E-state index in [9.17, 15) is 29.9 Å². The Bertz CT molecular complexity index is 1280. The van der Waals surface area contributed by atoms with Crippen LogP contribution in [0.25, 0.3) is 5.76 Å². The molecule has 1 saturated heterocycles. The molecular formula is C24H18N2O6. The molecule has 0 aromatic heterocycles. The molecule has 8 heteroatoms. The summed E-state index contributed by atoms with van der Waals surface area (Å²) in [6.07, 6.45) is 0. The van der Waals surface area contributed by atoms with Crippen LogP contribution < -0.4 is 4.90 Å². The second kappa shape index (κ2) is 7.99. The number of aryl methyl sites for hydroxylation is 1. The van der Waals surface area contributed by atoms with Crippen LogP contribution in [-0.4, -0.2) is 26.8 Å². The molecule has 8 nitrogen and oxygen atoms in total. The van der Waals surface area contributed by atoms with Crippen molar-refractivity contribution in [1.82, 2.24) is 0 Å². The van der Waals surface area contributed by atoms with Crippen LogP contribution in [0.5, 0.6) is 5.75 Å². The SMILES string of the molecule is Cc1cccc(N2C(=O)C(=O)/C(=C(\O)c3ccc([N+](=O)[O-])cc3)C2c2cccc(O)c2)c1. The fraction of sp³-hybridized carbons (Fsp3) is 0.0833. The molecule has 1 aliphatic heterocycles. The van der Waals surface area contributed by atoms with Crippen molar-refractivity contribution in [2.45, 2.75) is 13.0 Å². The van der Waals surface area contributed by atoms with Crippen molar-refractivity contribution in [3.8, 4) is 5.75 Å². The van der Waals surface area contributed by atoms with Crippen LogP contribution in [-0.2, 0) is 9.59 Å². The van der Waals surface area contributed by atoms with E-state index in [1.54, 1.807) is 30.3 Å². The molecule has 1 heterocycles. The number of Topliss-reactive ketones (excluding diaryl/α,β-unsaturated/α-hetero) is 1. The molecule has 160 valence electrons. The van der Waals surface area contributed by atoms with Gasteiger partial charge in [0, 0.05) is 23.4 Å². The van der Waals surface area contributed by atoms with Crippen molar-refractivity contribution in [3.05, 3.63) is 105 Å². The third-order valence-corrected chi connectivity index (χ3v) is 5.26. The highest BCUT2D eigenvalue weighted by molar-refractivity contribution is 6.51. The highest BCUT2D eigenvalue weighted by Gasteiger charge is 2.47. The largest absolute Gasteiger partial charge is 0.508 e. The van der Waals surface area contributed by atoms with Crippen molar-refractivity contribution in [1.29, 1.82) is 0 Å². The summed E-state index contributed by atoms with van der Waals surface area (Å²) in [7, 11) is 0. The van der Waals surface area contributed by atoms with E-state index < -0.39 is 28.4 Å². The van der Waals surface area contributed by atoms with Gasteiger partial charge in [-0.15, -0.1) is 0 Å². The zero-order valence-corrected chi connectivity index (χ0v) is 16.9. The molecule has 3 aromatic carbocycles.